The maximum absolute atomic E-state index is 4.48. The van der Waals surface area contributed by atoms with E-state index in [4.69, 9.17) is 0 Å². The van der Waals surface area contributed by atoms with Gasteiger partial charge in [0, 0.05) is 24.8 Å². The monoisotopic (exact) mass is 408 g/mol. The van der Waals surface area contributed by atoms with Gasteiger partial charge in [-0.3, -0.25) is 9.97 Å². The van der Waals surface area contributed by atoms with Crippen LogP contribution in [0.15, 0.2) is 85.5 Å². The van der Waals surface area contributed by atoms with Crippen molar-refractivity contribution in [1.82, 2.24) is 9.97 Å². The Morgan fingerprint density at radius 1 is 0.719 bits per heavy atom. The highest BCUT2D eigenvalue weighted by molar-refractivity contribution is 6.97. The van der Waals surface area contributed by atoms with E-state index in [2.05, 4.69) is 89.9 Å². The zero-order valence-electron chi connectivity index (χ0n) is 18.0. The molecule has 150 valence electrons. The molecule has 0 atom stereocenters. The fourth-order valence-electron chi connectivity index (χ4n) is 5.97. The van der Waals surface area contributed by atoms with Crippen LogP contribution in [0.3, 0.4) is 0 Å². The third kappa shape index (κ3) is 2.48. The fourth-order valence-corrected chi connectivity index (χ4v) is 5.97. The van der Waals surface area contributed by atoms with Crippen LogP contribution in [-0.2, 0) is 12.8 Å². The molecule has 5 aromatic rings. The highest BCUT2D eigenvalue weighted by Crippen LogP contribution is 2.34. The van der Waals surface area contributed by atoms with Gasteiger partial charge in [0.15, 0.2) is 0 Å². The Balaban J connectivity index is 1.52. The molecule has 0 bridgehead atoms. The van der Waals surface area contributed by atoms with E-state index in [0.29, 0.717) is 0 Å². The van der Waals surface area contributed by atoms with Crippen molar-refractivity contribution < 1.29 is 0 Å². The number of fused-ring (bicyclic) bond motifs is 5. The average Bonchev–Trinajstić information content (AvgIpc) is 2.83. The van der Waals surface area contributed by atoms with Crippen LogP contribution in [-0.4, -0.2) is 16.7 Å². The molecule has 0 saturated carbocycles. The van der Waals surface area contributed by atoms with E-state index in [0.717, 1.165) is 12.8 Å². The second kappa shape index (κ2) is 6.64. The van der Waals surface area contributed by atoms with Gasteiger partial charge in [0.25, 0.3) is 0 Å². The summed E-state index contributed by atoms with van der Waals surface area (Å²) in [6.07, 6.45) is 9.91. The molecular formula is C29H21BN2. The van der Waals surface area contributed by atoms with E-state index in [1.54, 1.807) is 0 Å². The van der Waals surface area contributed by atoms with Gasteiger partial charge in [0.05, 0.1) is 0 Å². The maximum Gasteiger partial charge on any atom is 0.246 e. The largest absolute Gasteiger partial charge is 0.265 e. The van der Waals surface area contributed by atoms with Crippen molar-refractivity contribution in [2.24, 2.45) is 0 Å². The Labute approximate surface area is 188 Å². The summed E-state index contributed by atoms with van der Waals surface area (Å²) in [4.78, 5) is 8.97. The standard InChI is InChI=1S/C29H21BN2/c1-18-4-2-5-19-6-3-7-25(28(18)19)22-14-23-12-20-8-10-31-16-26(20)30-27-17-32-11-9-21(27)13-24(15-22)29(23)30/h2-11,14-17H,12-13H2,1H3. The van der Waals surface area contributed by atoms with E-state index in [1.165, 1.54) is 66.1 Å². The molecule has 0 radical (unpaired) electrons. The smallest absolute Gasteiger partial charge is 0.246 e. The van der Waals surface area contributed by atoms with Gasteiger partial charge in [-0.15, -0.1) is 0 Å². The molecule has 0 N–H and O–H groups in total. The zero-order chi connectivity index (χ0) is 21.2. The first-order chi connectivity index (χ1) is 15.8. The molecule has 4 heterocycles. The number of nitrogens with zero attached hydrogens (tertiary/aromatic N) is 2. The minimum atomic E-state index is 0.234. The second-order valence-electron chi connectivity index (χ2n) is 9.12. The molecule has 0 aliphatic carbocycles. The van der Waals surface area contributed by atoms with Crippen LogP contribution in [0.2, 0.25) is 0 Å². The second-order valence-corrected chi connectivity index (χ2v) is 9.12. The summed E-state index contributed by atoms with van der Waals surface area (Å²) in [5.74, 6) is 0. The minimum absolute atomic E-state index is 0.234. The predicted molar refractivity (Wildman–Crippen MR) is 133 cm³/mol. The number of rotatable bonds is 1. The molecule has 0 spiro atoms. The molecule has 3 aromatic carbocycles. The topological polar surface area (TPSA) is 25.8 Å². The molecule has 0 saturated heterocycles. The van der Waals surface area contributed by atoms with Crippen LogP contribution in [0.4, 0.5) is 0 Å². The molecule has 2 aliphatic rings. The average molecular weight is 408 g/mol. The highest BCUT2D eigenvalue weighted by atomic mass is 14.6. The first-order valence-corrected chi connectivity index (χ1v) is 11.3. The summed E-state index contributed by atoms with van der Waals surface area (Å²) in [6.45, 7) is 2.45. The van der Waals surface area contributed by atoms with Crippen molar-refractivity contribution in [2.45, 2.75) is 19.8 Å². The Hall–Kier alpha value is -3.72. The Morgan fingerprint density at radius 2 is 1.34 bits per heavy atom. The van der Waals surface area contributed by atoms with Crippen LogP contribution < -0.4 is 16.4 Å². The molecule has 0 fully saturated rings. The molecule has 3 heteroatoms. The number of aromatic nitrogens is 2. The van der Waals surface area contributed by atoms with Crippen LogP contribution >= 0.6 is 0 Å². The van der Waals surface area contributed by atoms with E-state index in [1.807, 2.05) is 12.4 Å². The van der Waals surface area contributed by atoms with Crippen LogP contribution in [0.5, 0.6) is 0 Å². The van der Waals surface area contributed by atoms with Gasteiger partial charge in [-0.25, -0.2) is 0 Å². The summed E-state index contributed by atoms with van der Waals surface area (Å²) in [7, 11) is 0. The highest BCUT2D eigenvalue weighted by Gasteiger charge is 2.37. The van der Waals surface area contributed by atoms with Crippen LogP contribution in [0.1, 0.15) is 27.8 Å². The normalized spacial score (nSPS) is 13.5. The number of hydrogen-bond donors (Lipinski definition) is 0. The van der Waals surface area contributed by atoms with Gasteiger partial charge in [-0.2, -0.15) is 0 Å². The fraction of sp³-hybridized carbons (Fsp3) is 0.103. The molecule has 0 unspecified atom stereocenters. The van der Waals surface area contributed by atoms with Crippen molar-refractivity contribution in [3.63, 3.8) is 0 Å². The minimum Gasteiger partial charge on any atom is -0.265 e. The van der Waals surface area contributed by atoms with Crippen molar-refractivity contribution in [3.05, 3.63) is 113 Å². The van der Waals surface area contributed by atoms with Gasteiger partial charge in [-0.05, 0) is 92.5 Å². The molecule has 2 nitrogen and oxygen atoms in total. The number of benzene rings is 3. The number of pyridine rings is 2. The Kier molecular flexibility index (Phi) is 3.72. The quantitative estimate of drug-likeness (QED) is 0.385. The first-order valence-electron chi connectivity index (χ1n) is 11.3. The summed E-state index contributed by atoms with van der Waals surface area (Å²) < 4.78 is 0. The summed E-state index contributed by atoms with van der Waals surface area (Å²) >= 11 is 0. The zero-order valence-corrected chi connectivity index (χ0v) is 18.0. The molecule has 2 aromatic heterocycles. The van der Waals surface area contributed by atoms with Crippen molar-refractivity contribution in [1.29, 1.82) is 0 Å². The van der Waals surface area contributed by atoms with Gasteiger partial charge >= 0.3 is 0 Å². The van der Waals surface area contributed by atoms with Gasteiger partial charge in [0.1, 0.15) is 0 Å². The Morgan fingerprint density at radius 3 is 2.00 bits per heavy atom. The van der Waals surface area contributed by atoms with Gasteiger partial charge in [-0.1, -0.05) is 54.0 Å². The third-order valence-electron chi connectivity index (χ3n) is 7.34. The van der Waals surface area contributed by atoms with E-state index < -0.39 is 0 Å². The lowest BCUT2D eigenvalue weighted by atomic mass is 9.31. The van der Waals surface area contributed by atoms with Crippen LogP contribution in [0, 0.1) is 6.92 Å². The van der Waals surface area contributed by atoms with Crippen molar-refractivity contribution in [2.75, 3.05) is 0 Å². The molecule has 2 aliphatic heterocycles. The number of hydrogen-bond acceptors (Lipinski definition) is 2. The molecular weight excluding hydrogens is 387 g/mol. The first kappa shape index (κ1) is 17.9. The predicted octanol–water partition coefficient (Wildman–Crippen LogP) is 3.93. The van der Waals surface area contributed by atoms with Gasteiger partial charge < -0.3 is 0 Å². The molecule has 32 heavy (non-hydrogen) atoms. The summed E-state index contributed by atoms with van der Waals surface area (Å²) in [6, 6.07) is 22.5. The third-order valence-corrected chi connectivity index (χ3v) is 7.34. The summed E-state index contributed by atoms with van der Waals surface area (Å²) in [5, 5.41) is 2.67. The van der Waals surface area contributed by atoms with Gasteiger partial charge in [0.2, 0.25) is 6.71 Å². The number of aryl methyl sites for hydroxylation is 1. The maximum atomic E-state index is 4.48. The lowest BCUT2D eigenvalue weighted by molar-refractivity contribution is 1.13. The lowest BCUT2D eigenvalue weighted by Gasteiger charge is -2.34. The van der Waals surface area contributed by atoms with Crippen molar-refractivity contribution in [3.8, 4) is 11.1 Å². The van der Waals surface area contributed by atoms with E-state index in [9.17, 15) is 0 Å². The summed E-state index contributed by atoms with van der Waals surface area (Å²) in [5.41, 5.74) is 13.8. The van der Waals surface area contributed by atoms with E-state index in [-0.39, 0.29) is 6.71 Å². The van der Waals surface area contributed by atoms with Crippen molar-refractivity contribution >= 4 is 33.9 Å². The van der Waals surface area contributed by atoms with E-state index >= 15 is 0 Å². The molecule has 0 amide bonds. The lowest BCUT2D eigenvalue weighted by Crippen LogP contribution is -2.61. The SMILES string of the molecule is Cc1cccc2cccc(-c3cc4c5c(c3)Cc3ccncc3B5c3cnccc3C4)c12. The molecule has 7 rings (SSSR count). The Bertz CT molecular complexity index is 1480. The van der Waals surface area contributed by atoms with Crippen LogP contribution in [0.25, 0.3) is 21.9 Å².